The van der Waals surface area contributed by atoms with Gasteiger partial charge in [-0.2, -0.15) is 15.1 Å². The maximum Gasteiger partial charge on any atom is 0.246 e. The van der Waals surface area contributed by atoms with E-state index in [1.54, 1.807) is 18.5 Å². The number of nitrogens with zero attached hydrogens (tertiary/aromatic N) is 5. The Hall–Kier alpha value is -3.43. The zero-order chi connectivity index (χ0) is 20.7. The lowest BCUT2D eigenvalue weighted by Gasteiger charge is -2.34. The summed E-state index contributed by atoms with van der Waals surface area (Å²) in [6.45, 7) is 3.98. The number of nitrogens with one attached hydrogen (secondary N) is 2. The number of alkyl halides is 1. The minimum absolute atomic E-state index is 0.138. The van der Waals surface area contributed by atoms with Crippen LogP contribution in [0.1, 0.15) is 25.3 Å². The van der Waals surface area contributed by atoms with Gasteiger partial charge in [0, 0.05) is 18.9 Å². The summed E-state index contributed by atoms with van der Waals surface area (Å²) in [5, 5.41) is 8.13. The molecule has 0 bridgehead atoms. The monoisotopic (exact) mass is 411 g/mol. The molecule has 2 aliphatic rings. The van der Waals surface area contributed by atoms with Gasteiger partial charge in [-0.15, -0.1) is 0 Å². The van der Waals surface area contributed by atoms with Gasteiger partial charge in [-0.05, 0) is 31.4 Å². The third-order valence-corrected chi connectivity index (χ3v) is 5.39. The fourth-order valence-electron chi connectivity index (χ4n) is 3.60. The first-order valence-corrected chi connectivity index (χ1v) is 9.99. The van der Waals surface area contributed by atoms with Gasteiger partial charge in [0.2, 0.25) is 17.7 Å². The van der Waals surface area contributed by atoms with Crippen LogP contribution in [-0.4, -0.2) is 60.9 Å². The molecule has 0 aromatic carbocycles. The van der Waals surface area contributed by atoms with Gasteiger partial charge in [-0.3, -0.25) is 9.48 Å². The second-order valence-corrected chi connectivity index (χ2v) is 7.61. The van der Waals surface area contributed by atoms with Gasteiger partial charge in [0.25, 0.3) is 0 Å². The molecule has 2 atom stereocenters. The number of H-pyrrole nitrogens is 1. The minimum atomic E-state index is -1.20. The average Bonchev–Trinajstić information content (AvgIpc) is 3.30. The van der Waals surface area contributed by atoms with E-state index < -0.39 is 12.3 Å². The molecule has 10 heteroatoms. The van der Waals surface area contributed by atoms with Crippen LogP contribution in [0.2, 0.25) is 0 Å². The summed E-state index contributed by atoms with van der Waals surface area (Å²) < 4.78 is 22.5. The molecule has 1 amide bonds. The standard InChI is InChI=1S/C20H22FN7O2/c1-2-17(29)27-8-6-15(21)16(11-27)30-19-14-5-7-22-18(14)25-20(26-19)24-12-9-23-28(10-12)13-3-4-13/h2,5,7,9-10,13,15-16H,1,3-4,6,8,11H2,(H2,22,24,25,26)/t15-,16?/m1/s1. The molecule has 30 heavy (non-hydrogen) atoms. The van der Waals surface area contributed by atoms with Gasteiger partial charge >= 0.3 is 0 Å². The lowest BCUT2D eigenvalue weighted by atomic mass is 10.1. The van der Waals surface area contributed by atoms with Crippen molar-refractivity contribution in [3.63, 3.8) is 0 Å². The van der Waals surface area contributed by atoms with Gasteiger partial charge in [0.1, 0.15) is 17.9 Å². The second-order valence-electron chi connectivity index (χ2n) is 7.61. The molecule has 2 N–H and O–H groups in total. The Morgan fingerprint density at radius 3 is 3.03 bits per heavy atom. The van der Waals surface area contributed by atoms with Crippen LogP contribution in [-0.2, 0) is 4.79 Å². The topological polar surface area (TPSA) is 101 Å². The number of aromatic nitrogens is 5. The molecule has 1 aliphatic carbocycles. The predicted octanol–water partition coefficient (Wildman–Crippen LogP) is 2.74. The molecular formula is C20H22FN7O2. The lowest BCUT2D eigenvalue weighted by Crippen LogP contribution is -2.49. The third-order valence-electron chi connectivity index (χ3n) is 5.39. The summed E-state index contributed by atoms with van der Waals surface area (Å²) in [5.74, 6) is 0.347. The summed E-state index contributed by atoms with van der Waals surface area (Å²) in [5.41, 5.74) is 1.34. The highest BCUT2D eigenvalue weighted by Crippen LogP contribution is 2.35. The van der Waals surface area contributed by atoms with E-state index in [1.165, 1.54) is 11.0 Å². The quantitative estimate of drug-likeness (QED) is 0.605. The van der Waals surface area contributed by atoms with Crippen LogP contribution in [0.5, 0.6) is 5.88 Å². The van der Waals surface area contributed by atoms with Crippen molar-refractivity contribution in [1.29, 1.82) is 0 Å². The van der Waals surface area contributed by atoms with Crippen molar-refractivity contribution in [1.82, 2.24) is 29.6 Å². The van der Waals surface area contributed by atoms with Gasteiger partial charge < -0.3 is 19.9 Å². The van der Waals surface area contributed by atoms with E-state index in [0.29, 0.717) is 29.6 Å². The zero-order valence-electron chi connectivity index (χ0n) is 16.3. The van der Waals surface area contributed by atoms with Crippen LogP contribution < -0.4 is 10.1 Å². The summed E-state index contributed by atoms with van der Waals surface area (Å²) in [6.07, 6.45) is 7.06. The molecule has 2 fully saturated rings. The van der Waals surface area contributed by atoms with Gasteiger partial charge in [0.05, 0.1) is 29.9 Å². The normalized spacial score (nSPS) is 21.6. The molecule has 3 aromatic heterocycles. The summed E-state index contributed by atoms with van der Waals surface area (Å²) >= 11 is 0. The number of rotatable bonds is 6. The summed E-state index contributed by atoms with van der Waals surface area (Å²) in [7, 11) is 0. The van der Waals surface area contributed by atoms with Crippen molar-refractivity contribution in [3.05, 3.63) is 37.3 Å². The fraction of sp³-hybridized carbons (Fsp3) is 0.400. The molecule has 156 valence electrons. The van der Waals surface area contributed by atoms with Crippen molar-refractivity contribution in [2.24, 2.45) is 0 Å². The molecule has 1 saturated carbocycles. The first kappa shape index (κ1) is 18.6. The Balaban J connectivity index is 1.39. The van der Waals surface area contributed by atoms with E-state index in [1.807, 2.05) is 10.9 Å². The maximum absolute atomic E-state index is 14.6. The highest BCUT2D eigenvalue weighted by atomic mass is 19.1. The predicted molar refractivity (Wildman–Crippen MR) is 108 cm³/mol. The molecular weight excluding hydrogens is 389 g/mol. The van der Waals surface area contributed by atoms with Crippen molar-refractivity contribution in [3.8, 4) is 5.88 Å². The molecule has 4 heterocycles. The Morgan fingerprint density at radius 1 is 1.37 bits per heavy atom. The van der Waals surface area contributed by atoms with Crippen LogP contribution in [0, 0.1) is 0 Å². The largest absolute Gasteiger partial charge is 0.469 e. The third kappa shape index (κ3) is 3.60. The number of hydrogen-bond donors (Lipinski definition) is 2. The number of amides is 1. The molecule has 1 aliphatic heterocycles. The SMILES string of the molecule is C=CC(=O)N1CC[C@@H](F)C(Oc2nc(Nc3cnn(C4CC4)c3)nc3[nH]ccc23)C1. The van der Waals surface area contributed by atoms with Crippen LogP contribution in [0.3, 0.4) is 0 Å². The van der Waals surface area contributed by atoms with Crippen LogP contribution in [0.25, 0.3) is 11.0 Å². The molecule has 0 radical (unpaired) electrons. The van der Waals surface area contributed by atoms with Crippen molar-refractivity contribution in [2.75, 3.05) is 18.4 Å². The number of ether oxygens (including phenoxy) is 1. The number of carbonyl (C=O) groups excluding carboxylic acids is 1. The fourth-order valence-corrected chi connectivity index (χ4v) is 3.60. The number of piperidine rings is 1. The Kier molecular flexibility index (Phi) is 4.61. The smallest absolute Gasteiger partial charge is 0.246 e. The van der Waals surface area contributed by atoms with Gasteiger partial charge in [-0.25, -0.2) is 4.39 Å². The average molecular weight is 411 g/mol. The van der Waals surface area contributed by atoms with E-state index in [-0.39, 0.29) is 24.8 Å². The van der Waals surface area contributed by atoms with Crippen molar-refractivity contribution >= 4 is 28.6 Å². The minimum Gasteiger partial charge on any atom is -0.469 e. The van der Waals surface area contributed by atoms with E-state index >= 15 is 0 Å². The molecule has 3 aromatic rings. The van der Waals surface area contributed by atoms with E-state index in [9.17, 15) is 9.18 Å². The van der Waals surface area contributed by atoms with Crippen LogP contribution in [0.4, 0.5) is 16.0 Å². The molecule has 5 rings (SSSR count). The molecule has 1 unspecified atom stereocenters. The number of aromatic amines is 1. The van der Waals surface area contributed by atoms with Crippen molar-refractivity contribution < 1.29 is 13.9 Å². The number of likely N-dealkylation sites (tertiary alicyclic amines) is 1. The summed E-state index contributed by atoms with van der Waals surface area (Å²) in [6, 6.07) is 2.25. The van der Waals surface area contributed by atoms with Crippen LogP contribution >= 0.6 is 0 Å². The van der Waals surface area contributed by atoms with E-state index in [0.717, 1.165) is 18.5 Å². The molecule has 1 saturated heterocycles. The Bertz CT molecular complexity index is 1090. The van der Waals surface area contributed by atoms with Crippen LogP contribution in [0.15, 0.2) is 37.3 Å². The highest BCUT2D eigenvalue weighted by molar-refractivity contribution is 5.87. The van der Waals surface area contributed by atoms with Gasteiger partial charge in [0.15, 0.2) is 0 Å². The molecule has 0 spiro atoms. The first-order valence-electron chi connectivity index (χ1n) is 9.99. The second kappa shape index (κ2) is 7.43. The van der Waals surface area contributed by atoms with Gasteiger partial charge in [-0.1, -0.05) is 6.58 Å². The number of anilines is 2. The number of fused-ring (bicyclic) bond motifs is 1. The number of carbonyl (C=O) groups is 1. The van der Waals surface area contributed by atoms with E-state index in [4.69, 9.17) is 4.74 Å². The number of hydrogen-bond acceptors (Lipinski definition) is 6. The number of halogens is 1. The first-order chi connectivity index (χ1) is 14.6. The highest BCUT2D eigenvalue weighted by Gasteiger charge is 2.33. The lowest BCUT2D eigenvalue weighted by molar-refractivity contribution is -0.130. The Morgan fingerprint density at radius 2 is 2.23 bits per heavy atom. The Labute approximate surface area is 171 Å². The zero-order valence-corrected chi connectivity index (χ0v) is 16.3. The summed E-state index contributed by atoms with van der Waals surface area (Å²) in [4.78, 5) is 25.4. The van der Waals surface area contributed by atoms with E-state index in [2.05, 4.69) is 31.9 Å². The molecule has 9 nitrogen and oxygen atoms in total. The maximum atomic E-state index is 14.6. The van der Waals surface area contributed by atoms with Crippen molar-refractivity contribution in [2.45, 2.75) is 37.6 Å².